The summed E-state index contributed by atoms with van der Waals surface area (Å²) < 4.78 is 0. The van der Waals surface area contributed by atoms with Crippen molar-refractivity contribution in [2.24, 2.45) is 0 Å². The highest BCUT2D eigenvalue weighted by Crippen LogP contribution is 2.48. The van der Waals surface area contributed by atoms with E-state index in [1.807, 2.05) is 30.3 Å². The molecule has 1 unspecified atom stereocenters. The normalized spacial score (nSPS) is 19.4. The van der Waals surface area contributed by atoms with Gasteiger partial charge in [-0.25, -0.2) is 0 Å². The zero-order chi connectivity index (χ0) is 16.1. The van der Waals surface area contributed by atoms with Crippen molar-refractivity contribution in [1.29, 1.82) is 0 Å². The van der Waals surface area contributed by atoms with Crippen molar-refractivity contribution in [1.82, 2.24) is 5.32 Å². The fraction of sp³-hybridized carbons (Fsp3) is 0.167. The van der Waals surface area contributed by atoms with E-state index in [1.54, 1.807) is 0 Å². The molecule has 1 fully saturated rings. The van der Waals surface area contributed by atoms with E-state index in [4.69, 9.17) is 47.0 Å². The molecule has 1 N–H and O–H groups in total. The number of hydrogen-bond donors (Lipinski definition) is 1. The van der Waals surface area contributed by atoms with Gasteiger partial charge in [-0.05, 0) is 58.5 Å². The second-order valence-electron chi connectivity index (χ2n) is 5.76. The Morgan fingerprint density at radius 2 is 1.78 bits per heavy atom. The molecule has 116 valence electrons. The number of nitrogens with one attached hydrogen (secondary N) is 1. The lowest BCUT2D eigenvalue weighted by molar-refractivity contribution is 0.679. The second kappa shape index (κ2) is 5.78. The summed E-state index contributed by atoms with van der Waals surface area (Å²) in [6, 6.07) is 11.9. The largest absolute Gasteiger partial charge is 0.369 e. The van der Waals surface area contributed by atoms with E-state index in [0.29, 0.717) is 10.0 Å². The maximum absolute atomic E-state index is 6.24. The van der Waals surface area contributed by atoms with Gasteiger partial charge in [-0.1, -0.05) is 59.2 Å². The van der Waals surface area contributed by atoms with Crippen LogP contribution in [0.1, 0.15) is 35.6 Å². The van der Waals surface area contributed by atoms with E-state index in [0.717, 1.165) is 34.0 Å². The quantitative estimate of drug-likeness (QED) is 0.590. The Bertz CT molecular complexity index is 873. The average Bonchev–Trinajstić information content (AvgIpc) is 2.83. The molecule has 2 aromatic carbocycles. The first-order chi connectivity index (χ1) is 11.0. The van der Waals surface area contributed by atoms with E-state index >= 15 is 0 Å². The van der Waals surface area contributed by atoms with Crippen LogP contribution in [0.15, 0.2) is 42.0 Å². The van der Waals surface area contributed by atoms with Crippen molar-refractivity contribution < 1.29 is 0 Å². The van der Waals surface area contributed by atoms with Crippen LogP contribution >= 0.6 is 47.0 Å². The van der Waals surface area contributed by atoms with Crippen LogP contribution in [-0.2, 0) is 0 Å². The van der Waals surface area contributed by atoms with Crippen LogP contribution in [-0.4, -0.2) is 4.99 Å². The first kappa shape index (κ1) is 15.5. The summed E-state index contributed by atoms with van der Waals surface area (Å²) in [5, 5.41) is 5.30. The molecule has 0 amide bonds. The fourth-order valence-electron chi connectivity index (χ4n) is 3.41. The molecule has 0 spiro atoms. The van der Waals surface area contributed by atoms with E-state index in [-0.39, 0.29) is 6.04 Å². The van der Waals surface area contributed by atoms with Crippen LogP contribution in [0, 0.1) is 0 Å². The SMILES string of the molecule is S=C1CCC2=C(c3ccc(Cl)c(Cl)c3)c3cc(Cl)ccc3C2N1. The summed E-state index contributed by atoms with van der Waals surface area (Å²) in [6.07, 6.45) is 1.81. The first-order valence-corrected chi connectivity index (χ1v) is 8.86. The Balaban J connectivity index is 1.95. The summed E-state index contributed by atoms with van der Waals surface area (Å²) in [5.41, 5.74) is 5.96. The predicted molar refractivity (Wildman–Crippen MR) is 102 cm³/mol. The molecule has 0 saturated carbocycles. The lowest BCUT2D eigenvalue weighted by Crippen LogP contribution is -2.31. The van der Waals surface area contributed by atoms with Gasteiger partial charge in [0, 0.05) is 11.4 Å². The summed E-state index contributed by atoms with van der Waals surface area (Å²) in [7, 11) is 0. The minimum atomic E-state index is 0.132. The van der Waals surface area contributed by atoms with Crippen LogP contribution in [0.5, 0.6) is 0 Å². The molecule has 1 aliphatic heterocycles. The molecule has 0 radical (unpaired) electrons. The maximum atomic E-state index is 6.24. The molecule has 1 nitrogen and oxygen atoms in total. The van der Waals surface area contributed by atoms with Gasteiger partial charge in [0.15, 0.2) is 0 Å². The van der Waals surface area contributed by atoms with Crippen LogP contribution in [0.4, 0.5) is 0 Å². The molecule has 5 heteroatoms. The van der Waals surface area contributed by atoms with Crippen LogP contribution in [0.2, 0.25) is 15.1 Å². The Hall–Kier alpha value is -1.06. The number of piperidine rings is 1. The molecular formula is C18H12Cl3NS. The van der Waals surface area contributed by atoms with Gasteiger partial charge < -0.3 is 5.32 Å². The highest BCUT2D eigenvalue weighted by atomic mass is 35.5. The summed E-state index contributed by atoms with van der Waals surface area (Å²) in [6.45, 7) is 0. The number of halogens is 3. The summed E-state index contributed by atoms with van der Waals surface area (Å²) in [5.74, 6) is 0. The van der Waals surface area contributed by atoms with Crippen molar-refractivity contribution >= 4 is 57.6 Å². The van der Waals surface area contributed by atoms with Gasteiger partial charge in [0.05, 0.1) is 21.1 Å². The third kappa shape index (κ3) is 2.58. The molecule has 0 bridgehead atoms. The van der Waals surface area contributed by atoms with E-state index in [1.165, 1.54) is 16.7 Å². The van der Waals surface area contributed by atoms with Crippen LogP contribution < -0.4 is 5.32 Å². The van der Waals surface area contributed by atoms with Gasteiger partial charge in [0.2, 0.25) is 0 Å². The third-order valence-electron chi connectivity index (χ3n) is 4.40. The Morgan fingerprint density at radius 3 is 2.57 bits per heavy atom. The van der Waals surface area contributed by atoms with Crippen molar-refractivity contribution in [3.8, 4) is 0 Å². The van der Waals surface area contributed by atoms with Crippen molar-refractivity contribution in [3.05, 3.63) is 73.7 Å². The summed E-state index contributed by atoms with van der Waals surface area (Å²) >= 11 is 23.9. The zero-order valence-electron chi connectivity index (χ0n) is 12.0. The number of benzene rings is 2. The molecule has 1 atom stereocenters. The molecule has 2 aromatic rings. The lowest BCUT2D eigenvalue weighted by atomic mass is 9.93. The number of hydrogen-bond acceptors (Lipinski definition) is 1. The standard InChI is InChI=1S/C18H12Cl3NS/c19-10-2-3-11-13(8-10)17(9-1-5-14(20)15(21)7-9)12-4-6-16(23)22-18(11)12/h1-3,5,7-8,18H,4,6H2,(H,22,23). The molecule has 1 saturated heterocycles. The van der Waals surface area contributed by atoms with Crippen molar-refractivity contribution in [3.63, 3.8) is 0 Å². The van der Waals surface area contributed by atoms with E-state index < -0.39 is 0 Å². The average molecular weight is 381 g/mol. The Kier molecular flexibility index (Phi) is 3.89. The molecule has 23 heavy (non-hydrogen) atoms. The minimum absolute atomic E-state index is 0.132. The minimum Gasteiger partial charge on any atom is -0.369 e. The smallest absolute Gasteiger partial charge is 0.0763 e. The molecule has 1 heterocycles. The lowest BCUT2D eigenvalue weighted by Gasteiger charge is -2.26. The zero-order valence-corrected chi connectivity index (χ0v) is 15.1. The predicted octanol–water partition coefficient (Wildman–Crippen LogP) is 6.21. The van der Waals surface area contributed by atoms with Gasteiger partial charge in [0.1, 0.15) is 0 Å². The highest BCUT2D eigenvalue weighted by molar-refractivity contribution is 7.80. The number of rotatable bonds is 1. The summed E-state index contributed by atoms with van der Waals surface area (Å²) in [4.78, 5) is 0.912. The number of thiocarbonyl (C=S) groups is 1. The van der Waals surface area contributed by atoms with Crippen molar-refractivity contribution in [2.45, 2.75) is 18.9 Å². The molecule has 4 rings (SSSR count). The molecule has 1 aliphatic carbocycles. The van der Waals surface area contributed by atoms with Gasteiger partial charge >= 0.3 is 0 Å². The fourth-order valence-corrected chi connectivity index (χ4v) is 4.10. The third-order valence-corrected chi connectivity index (χ3v) is 5.70. The maximum Gasteiger partial charge on any atom is 0.0763 e. The van der Waals surface area contributed by atoms with Gasteiger partial charge in [-0.15, -0.1) is 0 Å². The van der Waals surface area contributed by atoms with E-state index in [2.05, 4.69) is 11.4 Å². The first-order valence-electron chi connectivity index (χ1n) is 7.32. The Morgan fingerprint density at radius 1 is 0.957 bits per heavy atom. The second-order valence-corrected chi connectivity index (χ2v) is 7.50. The highest BCUT2D eigenvalue weighted by Gasteiger charge is 2.34. The monoisotopic (exact) mass is 379 g/mol. The van der Waals surface area contributed by atoms with Gasteiger partial charge in [-0.2, -0.15) is 0 Å². The van der Waals surface area contributed by atoms with Crippen LogP contribution in [0.25, 0.3) is 5.57 Å². The van der Waals surface area contributed by atoms with E-state index in [9.17, 15) is 0 Å². The molecule has 0 aromatic heterocycles. The topological polar surface area (TPSA) is 12.0 Å². The van der Waals surface area contributed by atoms with Gasteiger partial charge in [0.25, 0.3) is 0 Å². The number of fused-ring (bicyclic) bond motifs is 3. The van der Waals surface area contributed by atoms with Crippen molar-refractivity contribution in [2.75, 3.05) is 0 Å². The van der Waals surface area contributed by atoms with Gasteiger partial charge in [-0.3, -0.25) is 0 Å². The molecule has 2 aliphatic rings. The molecular weight excluding hydrogens is 369 g/mol. The van der Waals surface area contributed by atoms with Crippen LogP contribution in [0.3, 0.4) is 0 Å². The Labute approximate surface area is 155 Å².